The van der Waals surface area contributed by atoms with Crippen molar-refractivity contribution < 1.29 is 0 Å². The maximum atomic E-state index is 10.9. The first-order chi connectivity index (χ1) is 5.15. The third kappa shape index (κ3) is 1.31. The fraction of sp³-hybridized carbons (Fsp3) is 0.333. The van der Waals surface area contributed by atoms with E-state index in [0.29, 0.717) is 12.0 Å². The van der Waals surface area contributed by atoms with Gasteiger partial charge in [-0.2, -0.15) is 0 Å². The van der Waals surface area contributed by atoms with E-state index in [1.165, 1.54) is 0 Å². The van der Waals surface area contributed by atoms with Crippen molar-refractivity contribution in [2.45, 2.75) is 13.3 Å². The summed E-state index contributed by atoms with van der Waals surface area (Å²) < 4.78 is 0. The lowest BCUT2D eigenvalue weighted by Crippen LogP contribution is -2.26. The molecule has 0 atom stereocenters. The van der Waals surface area contributed by atoms with Crippen LogP contribution in [0.2, 0.25) is 0 Å². The molecule has 0 radical (unpaired) electrons. The predicted molar refractivity (Wildman–Crippen MR) is 41.5 cm³/mol. The van der Waals surface area contributed by atoms with Gasteiger partial charge >= 0.3 is 5.69 Å². The lowest BCUT2D eigenvalue weighted by molar-refractivity contribution is 0.971. The standard InChI is InChI=1S/C6H9N3O2/c1-2-3-4(7)8-6(11)9-5(3)10/h2H2,1H3,(H4,7,8,9,10,11). The molecule has 1 rings (SSSR count). The molecule has 0 saturated heterocycles. The number of H-pyrrole nitrogens is 2. The highest BCUT2D eigenvalue weighted by atomic mass is 16.2. The van der Waals surface area contributed by atoms with E-state index in [0.717, 1.165) is 0 Å². The molecule has 1 aromatic heterocycles. The SMILES string of the molecule is CCc1c(N)[nH]c(=O)[nH]c1=O. The first-order valence-electron chi connectivity index (χ1n) is 3.26. The monoisotopic (exact) mass is 155 g/mol. The van der Waals surface area contributed by atoms with Crippen LogP contribution in [0.25, 0.3) is 0 Å². The quantitative estimate of drug-likeness (QED) is 0.496. The highest BCUT2D eigenvalue weighted by Gasteiger charge is 2.01. The average Bonchev–Trinajstić information content (AvgIpc) is 1.85. The molecule has 0 unspecified atom stereocenters. The Bertz CT molecular complexity index is 363. The van der Waals surface area contributed by atoms with Crippen LogP contribution in [0.1, 0.15) is 12.5 Å². The Morgan fingerprint density at radius 1 is 1.36 bits per heavy atom. The zero-order chi connectivity index (χ0) is 8.43. The summed E-state index contributed by atoms with van der Waals surface area (Å²) in [4.78, 5) is 25.9. The Morgan fingerprint density at radius 2 is 2.00 bits per heavy atom. The Morgan fingerprint density at radius 3 is 2.45 bits per heavy atom. The summed E-state index contributed by atoms with van der Waals surface area (Å²) in [6, 6.07) is 0. The van der Waals surface area contributed by atoms with Gasteiger partial charge in [0.05, 0.1) is 5.56 Å². The minimum atomic E-state index is -0.565. The molecule has 1 aromatic rings. The minimum absolute atomic E-state index is 0.154. The molecule has 0 fully saturated rings. The van der Waals surface area contributed by atoms with Gasteiger partial charge in [-0.05, 0) is 6.42 Å². The fourth-order valence-corrected chi connectivity index (χ4v) is 0.881. The van der Waals surface area contributed by atoms with Gasteiger partial charge in [-0.25, -0.2) is 4.79 Å². The largest absolute Gasteiger partial charge is 0.385 e. The van der Waals surface area contributed by atoms with E-state index in [1.54, 1.807) is 6.92 Å². The molecule has 5 nitrogen and oxygen atoms in total. The number of anilines is 1. The molecule has 0 aliphatic heterocycles. The lowest BCUT2D eigenvalue weighted by Gasteiger charge is -1.97. The van der Waals surface area contributed by atoms with Gasteiger partial charge in [0, 0.05) is 0 Å². The van der Waals surface area contributed by atoms with E-state index in [1.807, 2.05) is 0 Å². The van der Waals surface area contributed by atoms with Gasteiger partial charge in [-0.15, -0.1) is 0 Å². The van der Waals surface area contributed by atoms with Crippen molar-refractivity contribution in [3.63, 3.8) is 0 Å². The van der Waals surface area contributed by atoms with Crippen molar-refractivity contribution in [1.29, 1.82) is 0 Å². The van der Waals surface area contributed by atoms with Crippen LogP contribution in [0.4, 0.5) is 5.82 Å². The van der Waals surface area contributed by atoms with E-state index in [-0.39, 0.29) is 5.82 Å². The van der Waals surface area contributed by atoms with Crippen molar-refractivity contribution in [2.24, 2.45) is 0 Å². The second-order valence-electron chi connectivity index (χ2n) is 2.15. The Labute approximate surface area is 62.3 Å². The van der Waals surface area contributed by atoms with Crippen LogP contribution in [0.3, 0.4) is 0 Å². The first kappa shape index (κ1) is 7.59. The van der Waals surface area contributed by atoms with E-state index in [9.17, 15) is 9.59 Å². The summed E-state index contributed by atoms with van der Waals surface area (Å²) in [5, 5.41) is 0. The first-order valence-corrected chi connectivity index (χ1v) is 3.26. The number of hydrogen-bond acceptors (Lipinski definition) is 3. The van der Waals surface area contributed by atoms with Gasteiger partial charge in [0.25, 0.3) is 5.56 Å². The van der Waals surface area contributed by atoms with Crippen LogP contribution in [0.5, 0.6) is 0 Å². The molecule has 0 aliphatic carbocycles. The molecule has 5 heteroatoms. The van der Waals surface area contributed by atoms with Crippen LogP contribution in [0.15, 0.2) is 9.59 Å². The minimum Gasteiger partial charge on any atom is -0.385 e. The van der Waals surface area contributed by atoms with Gasteiger partial charge in [0.2, 0.25) is 0 Å². The predicted octanol–water partition coefficient (Wildman–Crippen LogP) is -0.792. The molecule has 60 valence electrons. The summed E-state index contributed by atoms with van der Waals surface area (Å²) in [5.74, 6) is 0.154. The van der Waals surface area contributed by atoms with Crippen LogP contribution < -0.4 is 17.0 Å². The Hall–Kier alpha value is -1.52. The molecule has 0 saturated carbocycles. The van der Waals surface area contributed by atoms with E-state index >= 15 is 0 Å². The number of rotatable bonds is 1. The van der Waals surface area contributed by atoms with Crippen molar-refractivity contribution >= 4 is 5.82 Å². The second kappa shape index (κ2) is 2.61. The average molecular weight is 155 g/mol. The summed E-state index contributed by atoms with van der Waals surface area (Å²) in [5.41, 5.74) is 4.80. The van der Waals surface area contributed by atoms with Gasteiger partial charge < -0.3 is 5.73 Å². The van der Waals surface area contributed by atoms with Crippen molar-refractivity contribution in [1.82, 2.24) is 9.97 Å². The molecule has 1 heterocycles. The third-order valence-corrected chi connectivity index (χ3v) is 1.43. The molecular formula is C6H9N3O2. The molecule has 11 heavy (non-hydrogen) atoms. The van der Waals surface area contributed by atoms with Gasteiger partial charge in [0.1, 0.15) is 5.82 Å². The van der Waals surface area contributed by atoms with Crippen molar-refractivity contribution in [3.8, 4) is 0 Å². The molecule has 0 amide bonds. The van der Waals surface area contributed by atoms with E-state index in [4.69, 9.17) is 5.73 Å². The van der Waals surface area contributed by atoms with E-state index < -0.39 is 11.2 Å². The zero-order valence-electron chi connectivity index (χ0n) is 6.10. The molecule has 0 aliphatic rings. The number of aromatic nitrogens is 2. The second-order valence-corrected chi connectivity index (χ2v) is 2.15. The number of aromatic amines is 2. The van der Waals surface area contributed by atoms with Crippen LogP contribution in [0, 0.1) is 0 Å². The van der Waals surface area contributed by atoms with Crippen molar-refractivity contribution in [2.75, 3.05) is 5.73 Å². The summed E-state index contributed by atoms with van der Waals surface area (Å²) in [7, 11) is 0. The number of hydrogen-bond donors (Lipinski definition) is 3. The summed E-state index contributed by atoms with van der Waals surface area (Å²) >= 11 is 0. The molecule has 4 N–H and O–H groups in total. The summed E-state index contributed by atoms with van der Waals surface area (Å²) in [6.45, 7) is 1.79. The molecule has 0 aromatic carbocycles. The van der Waals surface area contributed by atoms with Crippen molar-refractivity contribution in [3.05, 3.63) is 26.4 Å². The van der Waals surface area contributed by atoms with Crippen LogP contribution in [-0.4, -0.2) is 9.97 Å². The van der Waals surface area contributed by atoms with Crippen LogP contribution >= 0.6 is 0 Å². The number of nitrogen functional groups attached to an aromatic ring is 1. The highest BCUT2D eigenvalue weighted by molar-refractivity contribution is 5.35. The Kier molecular flexibility index (Phi) is 1.80. The lowest BCUT2D eigenvalue weighted by atomic mass is 10.2. The smallest absolute Gasteiger partial charge is 0.327 e. The highest BCUT2D eigenvalue weighted by Crippen LogP contribution is 1.97. The maximum Gasteiger partial charge on any atom is 0.327 e. The maximum absolute atomic E-state index is 10.9. The van der Waals surface area contributed by atoms with Gasteiger partial charge in [-0.1, -0.05) is 6.92 Å². The number of nitrogens with one attached hydrogen (secondary N) is 2. The topological polar surface area (TPSA) is 91.7 Å². The molecule has 0 bridgehead atoms. The summed E-state index contributed by atoms with van der Waals surface area (Å²) in [6.07, 6.45) is 0.512. The van der Waals surface area contributed by atoms with Gasteiger partial charge in [-0.3, -0.25) is 14.8 Å². The Balaban J connectivity index is 3.49. The van der Waals surface area contributed by atoms with E-state index in [2.05, 4.69) is 9.97 Å². The third-order valence-electron chi connectivity index (χ3n) is 1.43. The number of nitrogens with two attached hydrogens (primary N) is 1. The molecule has 0 spiro atoms. The normalized spacial score (nSPS) is 9.91. The van der Waals surface area contributed by atoms with Gasteiger partial charge in [0.15, 0.2) is 0 Å². The van der Waals surface area contributed by atoms with Crippen LogP contribution in [-0.2, 0) is 6.42 Å². The zero-order valence-corrected chi connectivity index (χ0v) is 6.10. The molecular weight excluding hydrogens is 146 g/mol. The fourth-order valence-electron chi connectivity index (χ4n) is 0.881.